The van der Waals surface area contributed by atoms with Crippen LogP contribution >= 0.6 is 0 Å². The van der Waals surface area contributed by atoms with E-state index in [-0.39, 0.29) is 39.3 Å². The molecule has 0 radical (unpaired) electrons. The molecule has 4 N–H and O–H groups in total. The van der Waals surface area contributed by atoms with Crippen LogP contribution in [0.15, 0.2) is 54.5 Å². The van der Waals surface area contributed by atoms with Crippen molar-refractivity contribution in [2.75, 3.05) is 17.2 Å². The molecule has 1 saturated carbocycles. The van der Waals surface area contributed by atoms with Gasteiger partial charge in [0, 0.05) is 36.1 Å². The van der Waals surface area contributed by atoms with Crippen molar-refractivity contribution < 1.29 is 18.9 Å². The number of aromatic nitrogens is 1. The standard InChI is InChI=1S/C28H29F4N7/c1-27(2,3)15-35-24-17(12-33)13-34-26-21(24)10-19(11-22(26)28(30,31)32)36-25(16-4-6-18(29)7-5-16)23-14-39(38-37-23)20-8-9-20/h4-7,10-11,13-14,20,25,36-38H,8-9,15H2,1-3H3,(H,34,35)/i25D. The molecule has 1 aliphatic carbocycles. The van der Waals surface area contributed by atoms with Gasteiger partial charge in [-0.2, -0.15) is 18.4 Å². The SMILES string of the molecule is [2H]C(Nc1cc(C(F)(F)F)c2ncc(C#N)c(NCC(C)(C)C)c2c1)(C1=CN(C2CC2)NN1)c1ccc(F)cc1. The first-order valence-electron chi connectivity index (χ1n) is 13.0. The zero-order valence-electron chi connectivity index (χ0n) is 22.7. The second kappa shape index (κ2) is 9.93. The van der Waals surface area contributed by atoms with E-state index in [1.54, 1.807) is 6.20 Å². The summed E-state index contributed by atoms with van der Waals surface area (Å²) in [6.45, 7) is 6.27. The third-order valence-corrected chi connectivity index (χ3v) is 6.39. The molecule has 0 amide bonds. The summed E-state index contributed by atoms with van der Waals surface area (Å²) in [6, 6.07) is 8.00. The van der Waals surface area contributed by atoms with Crippen LogP contribution in [0.5, 0.6) is 0 Å². The van der Waals surface area contributed by atoms with E-state index in [4.69, 9.17) is 0 Å². The van der Waals surface area contributed by atoms with Crippen molar-refractivity contribution in [1.29, 1.82) is 5.26 Å². The van der Waals surface area contributed by atoms with Gasteiger partial charge in [-0.25, -0.2) is 4.39 Å². The minimum atomic E-state index is -4.77. The van der Waals surface area contributed by atoms with E-state index < -0.39 is 23.6 Å². The van der Waals surface area contributed by atoms with Gasteiger partial charge in [-0.1, -0.05) is 32.9 Å². The Hall–Kier alpha value is -4.04. The number of anilines is 2. The number of nitrogens with zero attached hydrogens (tertiary/aromatic N) is 3. The Balaban J connectivity index is 1.67. The molecular formula is C28H29F4N7. The quantitative estimate of drug-likeness (QED) is 0.265. The van der Waals surface area contributed by atoms with E-state index in [1.165, 1.54) is 30.3 Å². The molecule has 2 aliphatic rings. The number of hydrogen-bond donors (Lipinski definition) is 4. The molecule has 1 fully saturated rings. The normalized spacial score (nSPS) is 17.6. The number of pyridine rings is 1. The molecule has 5 rings (SSSR count). The third kappa shape index (κ3) is 5.86. The van der Waals surface area contributed by atoms with Gasteiger partial charge in [0.2, 0.25) is 0 Å². The lowest BCUT2D eigenvalue weighted by Crippen LogP contribution is -2.38. The number of nitriles is 1. The Morgan fingerprint density at radius 3 is 2.54 bits per heavy atom. The molecule has 1 aliphatic heterocycles. The molecular weight excluding hydrogens is 510 g/mol. The molecule has 2 aromatic carbocycles. The maximum atomic E-state index is 14.4. The Labute approximate surface area is 225 Å². The average molecular weight is 541 g/mol. The van der Waals surface area contributed by atoms with E-state index in [2.05, 4.69) is 26.6 Å². The van der Waals surface area contributed by atoms with E-state index in [0.717, 1.165) is 25.1 Å². The van der Waals surface area contributed by atoms with Gasteiger partial charge in [-0.15, -0.1) is 5.53 Å². The van der Waals surface area contributed by atoms with Crippen LogP contribution in [0.25, 0.3) is 10.9 Å². The van der Waals surface area contributed by atoms with Crippen LogP contribution in [0.3, 0.4) is 0 Å². The summed E-state index contributed by atoms with van der Waals surface area (Å²) in [5.41, 5.74) is 5.30. The van der Waals surface area contributed by atoms with Crippen LogP contribution in [-0.2, 0) is 6.18 Å². The molecule has 1 atom stereocenters. The van der Waals surface area contributed by atoms with E-state index >= 15 is 0 Å². The Morgan fingerprint density at radius 1 is 1.21 bits per heavy atom. The lowest BCUT2D eigenvalue weighted by atomic mass is 9.96. The van der Waals surface area contributed by atoms with Crippen molar-refractivity contribution in [2.45, 2.75) is 51.8 Å². The van der Waals surface area contributed by atoms with Crippen LogP contribution < -0.4 is 21.6 Å². The molecule has 0 saturated heterocycles. The smallest absolute Gasteiger partial charge is 0.383 e. The predicted octanol–water partition coefficient (Wildman–Crippen LogP) is 6.20. The fourth-order valence-electron chi connectivity index (χ4n) is 4.28. The molecule has 204 valence electrons. The van der Waals surface area contributed by atoms with Gasteiger partial charge < -0.3 is 16.1 Å². The number of nitrogens with one attached hydrogen (secondary N) is 4. The van der Waals surface area contributed by atoms with Crippen molar-refractivity contribution in [3.8, 4) is 6.07 Å². The number of halogens is 4. The number of alkyl halides is 3. The first-order chi connectivity index (χ1) is 18.8. The molecule has 0 spiro atoms. The molecule has 3 aromatic rings. The van der Waals surface area contributed by atoms with Crippen LogP contribution in [0, 0.1) is 22.6 Å². The highest BCUT2D eigenvalue weighted by atomic mass is 19.4. The van der Waals surface area contributed by atoms with E-state index in [1.807, 2.05) is 31.8 Å². The van der Waals surface area contributed by atoms with Crippen LogP contribution in [0.2, 0.25) is 0 Å². The molecule has 1 unspecified atom stereocenters. The number of rotatable bonds is 7. The van der Waals surface area contributed by atoms with Gasteiger partial charge >= 0.3 is 6.18 Å². The third-order valence-electron chi connectivity index (χ3n) is 6.39. The number of hydrazine groups is 2. The number of benzene rings is 2. The van der Waals surface area contributed by atoms with E-state index in [0.29, 0.717) is 17.8 Å². The highest BCUT2D eigenvalue weighted by molar-refractivity contribution is 5.98. The summed E-state index contributed by atoms with van der Waals surface area (Å²) in [7, 11) is 0. The summed E-state index contributed by atoms with van der Waals surface area (Å²) in [6.07, 6.45) is -0.0157. The van der Waals surface area contributed by atoms with E-state index in [9.17, 15) is 24.2 Å². The Kier molecular flexibility index (Phi) is 6.43. The minimum Gasteiger partial charge on any atom is -0.383 e. The Bertz CT molecular complexity index is 1500. The first kappa shape index (κ1) is 25.2. The second-order valence-corrected chi connectivity index (χ2v) is 10.9. The summed E-state index contributed by atoms with van der Waals surface area (Å²) in [5, 5.41) is 17.7. The summed E-state index contributed by atoms with van der Waals surface area (Å²) >= 11 is 0. The topological polar surface area (TPSA) is 88.0 Å². The first-order valence-corrected chi connectivity index (χ1v) is 12.5. The fraction of sp³-hybridized carbons (Fsp3) is 0.357. The van der Waals surface area contributed by atoms with Crippen molar-refractivity contribution in [3.63, 3.8) is 0 Å². The Morgan fingerprint density at radius 2 is 1.92 bits per heavy atom. The monoisotopic (exact) mass is 540 g/mol. The largest absolute Gasteiger partial charge is 0.418 e. The number of fused-ring (bicyclic) bond motifs is 1. The van der Waals surface area contributed by atoms with Crippen LogP contribution in [0.4, 0.5) is 28.9 Å². The van der Waals surface area contributed by atoms with Crippen LogP contribution in [-0.4, -0.2) is 22.6 Å². The van der Waals surface area contributed by atoms with Crippen molar-refractivity contribution in [2.24, 2.45) is 5.41 Å². The molecule has 0 bridgehead atoms. The molecule has 2 heterocycles. The highest BCUT2D eigenvalue weighted by Gasteiger charge is 2.36. The van der Waals surface area contributed by atoms with Gasteiger partial charge in [-0.3, -0.25) is 9.99 Å². The summed E-state index contributed by atoms with van der Waals surface area (Å²) in [5.74, 6) is -0.507. The lowest BCUT2D eigenvalue weighted by molar-refractivity contribution is -0.136. The van der Waals surface area contributed by atoms with Crippen molar-refractivity contribution in [3.05, 3.63) is 77.0 Å². The van der Waals surface area contributed by atoms with Crippen molar-refractivity contribution >= 4 is 22.3 Å². The number of hydrogen-bond acceptors (Lipinski definition) is 7. The summed E-state index contributed by atoms with van der Waals surface area (Å²) < 4.78 is 66.3. The average Bonchev–Trinajstić information content (AvgIpc) is 3.61. The second-order valence-electron chi connectivity index (χ2n) is 10.9. The summed E-state index contributed by atoms with van der Waals surface area (Å²) in [4.78, 5) is 4.00. The molecule has 7 nitrogen and oxygen atoms in total. The molecule has 39 heavy (non-hydrogen) atoms. The van der Waals surface area contributed by atoms with Gasteiger partial charge in [0.05, 0.1) is 35.4 Å². The van der Waals surface area contributed by atoms with Gasteiger partial charge in [0.15, 0.2) is 0 Å². The van der Waals surface area contributed by atoms with Crippen molar-refractivity contribution in [1.82, 2.24) is 21.0 Å². The zero-order chi connectivity index (χ0) is 28.9. The minimum absolute atomic E-state index is 0.0255. The van der Waals surface area contributed by atoms with Gasteiger partial charge in [0.1, 0.15) is 11.9 Å². The van der Waals surface area contributed by atoms with Gasteiger partial charge in [-0.05, 0) is 48.1 Å². The predicted molar refractivity (Wildman–Crippen MR) is 141 cm³/mol. The van der Waals surface area contributed by atoms with Crippen LogP contribution in [0.1, 0.15) is 57.7 Å². The maximum absolute atomic E-state index is 14.4. The zero-order valence-corrected chi connectivity index (χ0v) is 21.7. The fourth-order valence-corrected chi connectivity index (χ4v) is 4.28. The van der Waals surface area contributed by atoms with Gasteiger partial charge in [0.25, 0.3) is 0 Å². The highest BCUT2D eigenvalue weighted by Crippen LogP contribution is 2.41. The lowest BCUT2D eigenvalue weighted by Gasteiger charge is -2.24. The maximum Gasteiger partial charge on any atom is 0.418 e. The molecule has 1 aromatic heterocycles. The molecule has 11 heteroatoms.